The Kier molecular flexibility index (Phi) is 4.28. The summed E-state index contributed by atoms with van der Waals surface area (Å²) in [5.74, 6) is -0.156. The van der Waals surface area contributed by atoms with E-state index in [1.807, 2.05) is 30.3 Å². The van der Waals surface area contributed by atoms with E-state index >= 15 is 0 Å². The van der Waals surface area contributed by atoms with Crippen molar-refractivity contribution in [3.8, 4) is 0 Å². The predicted octanol–water partition coefficient (Wildman–Crippen LogP) is 4.22. The maximum atomic E-state index is 12.6. The first-order valence-electron chi connectivity index (χ1n) is 8.42. The van der Waals surface area contributed by atoms with Gasteiger partial charge >= 0.3 is 5.97 Å². The molecule has 1 aliphatic carbocycles. The number of ether oxygens (including phenoxy) is 1. The number of allylic oxidation sites excluding steroid dienone is 1. The molecule has 0 bridgehead atoms. The summed E-state index contributed by atoms with van der Waals surface area (Å²) in [5, 5.41) is 0. The molecule has 23 heavy (non-hydrogen) atoms. The predicted molar refractivity (Wildman–Crippen MR) is 96.8 cm³/mol. The number of hydrogen-bond donors (Lipinski definition) is 0. The molecule has 0 radical (unpaired) electrons. The highest BCUT2D eigenvalue weighted by Crippen LogP contribution is 2.42. The van der Waals surface area contributed by atoms with E-state index in [-0.39, 0.29) is 12.6 Å². The summed E-state index contributed by atoms with van der Waals surface area (Å²) < 4.78 is 5.55. The van der Waals surface area contributed by atoms with Crippen LogP contribution in [0.15, 0.2) is 47.0 Å². The molecule has 0 amide bonds. The van der Waals surface area contributed by atoms with Gasteiger partial charge in [-0.2, -0.15) is 0 Å². The number of benzene rings is 1. The van der Waals surface area contributed by atoms with Gasteiger partial charge in [0.15, 0.2) is 5.54 Å². The van der Waals surface area contributed by atoms with Gasteiger partial charge in [0, 0.05) is 8.07 Å². The summed E-state index contributed by atoms with van der Waals surface area (Å²) in [4.78, 5) is 17.5. The van der Waals surface area contributed by atoms with Crippen LogP contribution < -0.4 is 0 Å². The summed E-state index contributed by atoms with van der Waals surface area (Å²) in [5.41, 5.74) is 2.38. The van der Waals surface area contributed by atoms with Crippen molar-refractivity contribution in [2.75, 3.05) is 6.61 Å². The van der Waals surface area contributed by atoms with Crippen LogP contribution in [0.1, 0.15) is 24.8 Å². The highest BCUT2D eigenvalue weighted by atomic mass is 28.3. The molecule has 1 atom stereocenters. The SMILES string of the molecule is C[Si](C)(C)C/C=C1\CCC[C@@]12N=C(c1ccccc1)COC2=O. The zero-order chi connectivity index (χ0) is 16.5. The molecule has 3 rings (SSSR count). The van der Waals surface area contributed by atoms with E-state index in [4.69, 9.17) is 9.73 Å². The van der Waals surface area contributed by atoms with Crippen LogP contribution in [0.25, 0.3) is 0 Å². The Hall–Kier alpha value is -1.68. The number of nitrogens with zero attached hydrogens (tertiary/aromatic N) is 1. The van der Waals surface area contributed by atoms with Gasteiger partial charge in [0.05, 0.1) is 5.71 Å². The number of carbonyl (C=O) groups excluding carboxylic acids is 1. The Morgan fingerprint density at radius 2 is 2.00 bits per heavy atom. The molecule has 1 heterocycles. The van der Waals surface area contributed by atoms with E-state index in [0.717, 1.165) is 36.6 Å². The molecule has 1 aromatic rings. The second kappa shape index (κ2) is 6.08. The van der Waals surface area contributed by atoms with Crippen LogP contribution in [0, 0.1) is 0 Å². The average Bonchev–Trinajstić information content (AvgIpc) is 2.92. The minimum atomic E-state index is -1.18. The van der Waals surface area contributed by atoms with E-state index in [1.165, 1.54) is 5.57 Å². The maximum Gasteiger partial charge on any atom is 0.338 e. The number of carbonyl (C=O) groups is 1. The second-order valence-corrected chi connectivity index (χ2v) is 13.2. The second-order valence-electron chi connectivity index (χ2n) is 7.71. The summed E-state index contributed by atoms with van der Waals surface area (Å²) in [6.07, 6.45) is 5.04. The van der Waals surface area contributed by atoms with Gasteiger partial charge in [-0.25, -0.2) is 4.79 Å². The lowest BCUT2D eigenvalue weighted by Gasteiger charge is -2.30. The molecule has 1 fully saturated rings. The Morgan fingerprint density at radius 3 is 2.70 bits per heavy atom. The van der Waals surface area contributed by atoms with Gasteiger partial charge < -0.3 is 4.74 Å². The zero-order valence-corrected chi connectivity index (χ0v) is 15.3. The lowest BCUT2D eigenvalue weighted by Crippen LogP contribution is -2.43. The third-order valence-corrected chi connectivity index (χ3v) is 6.02. The number of hydrogen-bond acceptors (Lipinski definition) is 3. The van der Waals surface area contributed by atoms with E-state index < -0.39 is 13.6 Å². The van der Waals surface area contributed by atoms with Crippen molar-refractivity contribution < 1.29 is 9.53 Å². The molecular formula is C19H25NO2Si. The first-order valence-corrected chi connectivity index (χ1v) is 12.1. The van der Waals surface area contributed by atoms with Gasteiger partial charge in [0.25, 0.3) is 0 Å². The van der Waals surface area contributed by atoms with E-state index in [2.05, 4.69) is 25.7 Å². The molecule has 1 aliphatic heterocycles. The summed E-state index contributed by atoms with van der Waals surface area (Å²) in [6, 6.07) is 11.1. The van der Waals surface area contributed by atoms with Crippen LogP contribution in [-0.2, 0) is 9.53 Å². The third-order valence-electron chi connectivity index (χ3n) is 4.59. The summed E-state index contributed by atoms with van der Waals surface area (Å²) in [7, 11) is -1.18. The molecular weight excluding hydrogens is 302 g/mol. The topological polar surface area (TPSA) is 38.7 Å². The van der Waals surface area contributed by atoms with Crippen molar-refractivity contribution in [3.05, 3.63) is 47.5 Å². The van der Waals surface area contributed by atoms with Crippen molar-refractivity contribution in [2.24, 2.45) is 4.99 Å². The van der Waals surface area contributed by atoms with Gasteiger partial charge in [0.2, 0.25) is 0 Å². The number of esters is 1. The molecule has 122 valence electrons. The van der Waals surface area contributed by atoms with Crippen LogP contribution in [-0.4, -0.2) is 31.9 Å². The lowest BCUT2D eigenvalue weighted by molar-refractivity contribution is -0.147. The maximum absolute atomic E-state index is 12.6. The first kappa shape index (κ1) is 16.2. The van der Waals surface area contributed by atoms with Crippen molar-refractivity contribution in [1.29, 1.82) is 0 Å². The monoisotopic (exact) mass is 327 g/mol. The largest absolute Gasteiger partial charge is 0.457 e. The quantitative estimate of drug-likeness (QED) is 0.474. The van der Waals surface area contributed by atoms with Crippen molar-refractivity contribution in [3.63, 3.8) is 0 Å². The minimum absolute atomic E-state index is 0.156. The minimum Gasteiger partial charge on any atom is -0.457 e. The normalized spacial score (nSPS) is 26.5. The van der Waals surface area contributed by atoms with Gasteiger partial charge in [0.1, 0.15) is 6.61 Å². The molecule has 4 heteroatoms. The van der Waals surface area contributed by atoms with E-state index in [1.54, 1.807) is 0 Å². The number of rotatable bonds is 3. The molecule has 0 N–H and O–H groups in total. The van der Waals surface area contributed by atoms with Crippen LogP contribution in [0.4, 0.5) is 0 Å². The van der Waals surface area contributed by atoms with E-state index in [9.17, 15) is 4.79 Å². The van der Waals surface area contributed by atoms with Gasteiger partial charge in [-0.1, -0.05) is 56.0 Å². The zero-order valence-electron chi connectivity index (χ0n) is 14.3. The fourth-order valence-corrected chi connectivity index (χ4v) is 4.16. The molecule has 0 unspecified atom stereocenters. The smallest absolute Gasteiger partial charge is 0.338 e. The standard InChI is InChI=1S/C19H25NO2Si/c1-23(2,3)13-11-16-10-7-12-19(16)18(21)22-14-17(20-19)15-8-5-4-6-9-15/h4-6,8-9,11H,7,10,12-14H2,1-3H3/b16-11+/t19-/m1/s1. The van der Waals surface area contributed by atoms with Gasteiger partial charge in [-0.05, 0) is 36.4 Å². The Morgan fingerprint density at radius 1 is 1.26 bits per heavy atom. The fraction of sp³-hybridized carbons (Fsp3) is 0.474. The molecule has 3 nitrogen and oxygen atoms in total. The van der Waals surface area contributed by atoms with E-state index in [0.29, 0.717) is 0 Å². The van der Waals surface area contributed by atoms with Gasteiger partial charge in [-0.15, -0.1) is 0 Å². The number of cyclic esters (lactones) is 1. The molecule has 1 saturated carbocycles. The highest BCUT2D eigenvalue weighted by molar-refractivity contribution is 6.76. The molecule has 1 spiro atoms. The highest BCUT2D eigenvalue weighted by Gasteiger charge is 2.48. The fourth-order valence-electron chi connectivity index (χ4n) is 3.30. The van der Waals surface area contributed by atoms with Crippen LogP contribution in [0.5, 0.6) is 0 Å². The average molecular weight is 328 g/mol. The van der Waals surface area contributed by atoms with Crippen molar-refractivity contribution in [2.45, 2.75) is 50.5 Å². The molecule has 2 aliphatic rings. The summed E-state index contributed by atoms with van der Waals surface area (Å²) in [6.45, 7) is 7.34. The summed E-state index contributed by atoms with van der Waals surface area (Å²) >= 11 is 0. The van der Waals surface area contributed by atoms with Crippen LogP contribution >= 0.6 is 0 Å². The molecule has 1 aromatic carbocycles. The molecule has 0 aromatic heterocycles. The Labute approximate surface area is 139 Å². The first-order chi connectivity index (χ1) is 10.9. The van der Waals surface area contributed by atoms with Crippen LogP contribution in [0.2, 0.25) is 25.7 Å². The van der Waals surface area contributed by atoms with Gasteiger partial charge in [-0.3, -0.25) is 4.99 Å². The third kappa shape index (κ3) is 3.32. The van der Waals surface area contributed by atoms with Crippen LogP contribution in [0.3, 0.4) is 0 Å². The number of aliphatic imine (C=N–C) groups is 1. The lowest BCUT2D eigenvalue weighted by atomic mass is 9.91. The van der Waals surface area contributed by atoms with Crippen molar-refractivity contribution >= 4 is 19.8 Å². The Bertz CT molecular complexity index is 658. The molecule has 0 saturated heterocycles. The van der Waals surface area contributed by atoms with Crippen molar-refractivity contribution in [1.82, 2.24) is 0 Å². The Balaban J connectivity index is 1.98.